The van der Waals surface area contributed by atoms with Crippen molar-refractivity contribution in [3.8, 4) is 0 Å². The molecular weight excluding hydrogens is 254 g/mol. The van der Waals surface area contributed by atoms with Gasteiger partial charge >= 0.3 is 5.97 Å². The molecule has 0 unspecified atom stereocenters. The van der Waals surface area contributed by atoms with Crippen molar-refractivity contribution in [1.82, 2.24) is 4.90 Å². The molecule has 0 spiro atoms. The van der Waals surface area contributed by atoms with E-state index in [1.807, 2.05) is 44.2 Å². The van der Waals surface area contributed by atoms with E-state index in [9.17, 15) is 9.59 Å². The molecule has 0 aromatic heterocycles. The van der Waals surface area contributed by atoms with Crippen molar-refractivity contribution in [2.24, 2.45) is 5.92 Å². The largest absolute Gasteiger partial charge is 0.480 e. The highest BCUT2D eigenvalue weighted by atomic mass is 16.4. The molecular formula is C16H23NO3. The van der Waals surface area contributed by atoms with Gasteiger partial charge in [0.05, 0.1) is 0 Å². The number of rotatable bonds is 7. The van der Waals surface area contributed by atoms with Crippen LogP contribution in [0.15, 0.2) is 30.3 Å². The van der Waals surface area contributed by atoms with E-state index in [1.54, 1.807) is 6.92 Å². The molecule has 0 radical (unpaired) electrons. The van der Waals surface area contributed by atoms with Crippen molar-refractivity contribution >= 4 is 11.9 Å². The minimum absolute atomic E-state index is 0.0996. The van der Waals surface area contributed by atoms with E-state index in [0.717, 1.165) is 5.56 Å². The van der Waals surface area contributed by atoms with Crippen LogP contribution in [0.25, 0.3) is 0 Å². The summed E-state index contributed by atoms with van der Waals surface area (Å²) in [7, 11) is 0. The molecule has 0 saturated carbocycles. The van der Waals surface area contributed by atoms with E-state index in [2.05, 4.69) is 0 Å². The Labute approximate surface area is 120 Å². The van der Waals surface area contributed by atoms with Gasteiger partial charge < -0.3 is 10.0 Å². The third kappa shape index (κ3) is 5.03. The van der Waals surface area contributed by atoms with Crippen LogP contribution >= 0.6 is 0 Å². The van der Waals surface area contributed by atoms with Crippen LogP contribution in [0.1, 0.15) is 32.8 Å². The molecule has 1 amide bonds. The van der Waals surface area contributed by atoms with Crippen LogP contribution in [0, 0.1) is 5.92 Å². The molecule has 1 rings (SSSR count). The Hall–Kier alpha value is -1.84. The van der Waals surface area contributed by atoms with Gasteiger partial charge in [0.15, 0.2) is 0 Å². The minimum Gasteiger partial charge on any atom is -0.480 e. The average molecular weight is 277 g/mol. The summed E-state index contributed by atoms with van der Waals surface area (Å²) in [5.74, 6) is -0.811. The maximum atomic E-state index is 12.3. The van der Waals surface area contributed by atoms with E-state index in [0.29, 0.717) is 19.4 Å². The number of nitrogens with zero attached hydrogens (tertiary/aromatic N) is 1. The highest BCUT2D eigenvalue weighted by molar-refractivity contribution is 5.83. The van der Waals surface area contributed by atoms with Gasteiger partial charge in [-0.05, 0) is 24.8 Å². The Balaban J connectivity index is 2.65. The van der Waals surface area contributed by atoms with Crippen molar-refractivity contribution in [2.45, 2.75) is 39.7 Å². The first kappa shape index (κ1) is 16.2. The lowest BCUT2D eigenvalue weighted by Gasteiger charge is -2.28. The summed E-state index contributed by atoms with van der Waals surface area (Å²) in [6.45, 7) is 5.99. The lowest BCUT2D eigenvalue weighted by atomic mass is 10.1. The first-order chi connectivity index (χ1) is 9.41. The zero-order valence-corrected chi connectivity index (χ0v) is 12.4. The first-order valence-electron chi connectivity index (χ1n) is 6.98. The van der Waals surface area contributed by atoms with Crippen molar-refractivity contribution in [2.75, 3.05) is 6.54 Å². The zero-order chi connectivity index (χ0) is 15.1. The van der Waals surface area contributed by atoms with Crippen molar-refractivity contribution in [1.29, 1.82) is 0 Å². The van der Waals surface area contributed by atoms with E-state index in [4.69, 9.17) is 5.11 Å². The van der Waals surface area contributed by atoms with E-state index < -0.39 is 12.0 Å². The fourth-order valence-corrected chi connectivity index (χ4v) is 2.04. The molecule has 0 saturated heterocycles. The van der Waals surface area contributed by atoms with Gasteiger partial charge in [-0.2, -0.15) is 0 Å². The molecule has 1 aromatic carbocycles. The second-order valence-electron chi connectivity index (χ2n) is 5.44. The van der Waals surface area contributed by atoms with Gasteiger partial charge in [0, 0.05) is 13.0 Å². The lowest BCUT2D eigenvalue weighted by molar-refractivity contribution is -0.149. The zero-order valence-electron chi connectivity index (χ0n) is 12.4. The third-order valence-corrected chi connectivity index (χ3v) is 3.18. The van der Waals surface area contributed by atoms with E-state index in [1.165, 1.54) is 4.90 Å². The second kappa shape index (κ2) is 7.68. The fraction of sp³-hybridized carbons (Fsp3) is 0.500. The molecule has 1 aromatic rings. The molecule has 1 N–H and O–H groups in total. The topological polar surface area (TPSA) is 57.6 Å². The molecule has 4 nitrogen and oxygen atoms in total. The number of aliphatic carboxylic acids is 1. The number of carbonyl (C=O) groups is 2. The van der Waals surface area contributed by atoms with Crippen LogP contribution in [-0.4, -0.2) is 34.5 Å². The summed E-state index contributed by atoms with van der Waals surface area (Å²) in [6, 6.07) is 8.97. The van der Waals surface area contributed by atoms with Crippen LogP contribution in [-0.2, 0) is 16.0 Å². The highest BCUT2D eigenvalue weighted by Crippen LogP contribution is 2.10. The Bertz CT molecular complexity index is 442. The number of hydrogen-bond acceptors (Lipinski definition) is 2. The van der Waals surface area contributed by atoms with Crippen LogP contribution in [0.2, 0.25) is 0 Å². The Kier molecular flexibility index (Phi) is 6.22. The number of carboxylic acids is 1. The standard InChI is InChI=1S/C16H23NO3/c1-12(2)11-17(13(3)16(19)20)15(18)10-9-14-7-5-4-6-8-14/h4-8,12-13H,9-11H2,1-3H3,(H,19,20)/t13-/m1/s1. The molecule has 0 bridgehead atoms. The summed E-state index contributed by atoms with van der Waals surface area (Å²) >= 11 is 0. The number of benzene rings is 1. The smallest absolute Gasteiger partial charge is 0.326 e. The van der Waals surface area contributed by atoms with Gasteiger partial charge in [-0.15, -0.1) is 0 Å². The second-order valence-corrected chi connectivity index (χ2v) is 5.44. The summed E-state index contributed by atoms with van der Waals surface area (Å²) < 4.78 is 0. The SMILES string of the molecule is CC(C)CN(C(=O)CCc1ccccc1)[C@H](C)C(=O)O. The fourth-order valence-electron chi connectivity index (χ4n) is 2.04. The molecule has 1 atom stereocenters. The average Bonchev–Trinajstić information content (AvgIpc) is 2.42. The molecule has 110 valence electrons. The van der Waals surface area contributed by atoms with Gasteiger partial charge in [0.1, 0.15) is 6.04 Å². The number of hydrogen-bond donors (Lipinski definition) is 1. The number of amides is 1. The van der Waals surface area contributed by atoms with Gasteiger partial charge in [0.25, 0.3) is 0 Å². The quantitative estimate of drug-likeness (QED) is 0.833. The normalized spacial score (nSPS) is 12.2. The molecule has 20 heavy (non-hydrogen) atoms. The summed E-state index contributed by atoms with van der Waals surface area (Å²) in [4.78, 5) is 24.8. The van der Waals surface area contributed by atoms with Crippen molar-refractivity contribution < 1.29 is 14.7 Å². The van der Waals surface area contributed by atoms with Gasteiger partial charge in [0.2, 0.25) is 5.91 Å². The predicted molar refractivity (Wildman–Crippen MR) is 78.4 cm³/mol. The molecule has 0 aliphatic carbocycles. The van der Waals surface area contributed by atoms with Crippen molar-refractivity contribution in [3.63, 3.8) is 0 Å². The maximum absolute atomic E-state index is 12.3. The Morgan fingerprint density at radius 1 is 1.15 bits per heavy atom. The number of carbonyl (C=O) groups excluding carboxylic acids is 1. The van der Waals surface area contributed by atoms with E-state index >= 15 is 0 Å². The molecule has 4 heteroatoms. The summed E-state index contributed by atoms with van der Waals surface area (Å²) in [6.07, 6.45) is 0.981. The van der Waals surface area contributed by atoms with Crippen LogP contribution in [0.5, 0.6) is 0 Å². The summed E-state index contributed by atoms with van der Waals surface area (Å²) in [5, 5.41) is 9.11. The third-order valence-electron chi connectivity index (χ3n) is 3.18. The van der Waals surface area contributed by atoms with Crippen LogP contribution in [0.4, 0.5) is 0 Å². The highest BCUT2D eigenvalue weighted by Gasteiger charge is 2.25. The Morgan fingerprint density at radius 3 is 2.25 bits per heavy atom. The van der Waals surface area contributed by atoms with Crippen molar-refractivity contribution in [3.05, 3.63) is 35.9 Å². The van der Waals surface area contributed by atoms with Crippen LogP contribution < -0.4 is 0 Å². The summed E-state index contributed by atoms with van der Waals surface area (Å²) in [5.41, 5.74) is 1.09. The minimum atomic E-state index is -0.960. The van der Waals surface area contributed by atoms with Gasteiger partial charge in [-0.25, -0.2) is 4.79 Å². The predicted octanol–water partition coefficient (Wildman–Crippen LogP) is 2.58. The molecule has 0 aliphatic heterocycles. The molecule has 0 fully saturated rings. The van der Waals surface area contributed by atoms with E-state index in [-0.39, 0.29) is 11.8 Å². The van der Waals surface area contributed by atoms with Gasteiger partial charge in [-0.1, -0.05) is 44.2 Å². The Morgan fingerprint density at radius 2 is 1.75 bits per heavy atom. The molecule has 0 aliphatic rings. The number of aryl methyl sites for hydroxylation is 1. The number of carboxylic acid groups (broad SMARTS) is 1. The van der Waals surface area contributed by atoms with Crippen LogP contribution in [0.3, 0.4) is 0 Å². The van der Waals surface area contributed by atoms with Gasteiger partial charge in [-0.3, -0.25) is 4.79 Å². The monoisotopic (exact) mass is 277 g/mol. The molecule has 0 heterocycles. The maximum Gasteiger partial charge on any atom is 0.326 e. The first-order valence-corrected chi connectivity index (χ1v) is 6.98. The lowest BCUT2D eigenvalue weighted by Crippen LogP contribution is -2.45.